The van der Waals surface area contributed by atoms with Gasteiger partial charge in [0, 0.05) is 6.54 Å². The number of carbonyl (C=O) groups is 1. The number of carboxylic acid groups (broad SMARTS) is 1. The predicted molar refractivity (Wildman–Crippen MR) is 67.1 cm³/mol. The minimum atomic E-state index is -0.619. The van der Waals surface area contributed by atoms with Crippen LogP contribution in [0.4, 0.5) is 0 Å². The summed E-state index contributed by atoms with van der Waals surface area (Å²) >= 11 is 0. The molecule has 17 heavy (non-hydrogen) atoms. The molecule has 0 aromatic heterocycles. The van der Waals surface area contributed by atoms with Gasteiger partial charge in [0.1, 0.15) is 5.54 Å². The fourth-order valence-corrected chi connectivity index (χ4v) is 3.31. The highest BCUT2D eigenvalue weighted by Gasteiger charge is 2.46. The molecule has 0 aromatic carbocycles. The standard InChI is InChI=1S/C13H24N2O2/c1-14-8-6-7-13(11-14,12(16)17)15-9-4-2-3-5-10-15/h2-11H2,1H3,(H,16,17). The van der Waals surface area contributed by atoms with Gasteiger partial charge in [-0.05, 0) is 52.4 Å². The van der Waals surface area contributed by atoms with Crippen molar-refractivity contribution in [2.45, 2.75) is 44.1 Å². The lowest BCUT2D eigenvalue weighted by molar-refractivity contribution is -0.155. The number of hydrogen-bond acceptors (Lipinski definition) is 3. The summed E-state index contributed by atoms with van der Waals surface area (Å²) in [7, 11) is 2.04. The number of rotatable bonds is 2. The summed E-state index contributed by atoms with van der Waals surface area (Å²) in [6, 6.07) is 0. The number of piperidine rings is 1. The number of aliphatic carboxylic acids is 1. The van der Waals surface area contributed by atoms with Crippen molar-refractivity contribution in [1.29, 1.82) is 0 Å². The van der Waals surface area contributed by atoms with E-state index in [1.807, 2.05) is 7.05 Å². The van der Waals surface area contributed by atoms with Crippen LogP contribution in [0, 0.1) is 0 Å². The van der Waals surface area contributed by atoms with Gasteiger partial charge in [0.15, 0.2) is 0 Å². The summed E-state index contributed by atoms with van der Waals surface area (Å²) in [5, 5.41) is 9.68. The molecule has 0 radical (unpaired) electrons. The Bertz CT molecular complexity index is 275. The Morgan fingerprint density at radius 1 is 1.06 bits per heavy atom. The van der Waals surface area contributed by atoms with Crippen LogP contribution >= 0.6 is 0 Å². The molecule has 98 valence electrons. The van der Waals surface area contributed by atoms with Gasteiger partial charge in [-0.15, -0.1) is 0 Å². The van der Waals surface area contributed by atoms with Crippen LogP contribution < -0.4 is 0 Å². The second kappa shape index (κ2) is 5.36. The number of likely N-dealkylation sites (tertiary alicyclic amines) is 2. The fourth-order valence-electron chi connectivity index (χ4n) is 3.31. The first-order valence-corrected chi connectivity index (χ1v) is 6.82. The first-order chi connectivity index (χ1) is 8.15. The number of carboxylic acids is 1. The molecule has 2 heterocycles. The molecule has 0 spiro atoms. The van der Waals surface area contributed by atoms with Crippen LogP contribution in [0.3, 0.4) is 0 Å². The highest BCUT2D eigenvalue weighted by molar-refractivity contribution is 5.79. The maximum absolute atomic E-state index is 11.8. The molecule has 2 aliphatic heterocycles. The third-order valence-electron chi connectivity index (χ3n) is 4.27. The summed E-state index contributed by atoms with van der Waals surface area (Å²) in [5.41, 5.74) is -0.614. The van der Waals surface area contributed by atoms with Crippen molar-refractivity contribution < 1.29 is 9.90 Å². The van der Waals surface area contributed by atoms with E-state index in [-0.39, 0.29) is 0 Å². The van der Waals surface area contributed by atoms with E-state index in [0.29, 0.717) is 6.54 Å². The first-order valence-electron chi connectivity index (χ1n) is 6.82. The van der Waals surface area contributed by atoms with E-state index in [0.717, 1.165) is 45.3 Å². The second-order valence-corrected chi connectivity index (χ2v) is 5.58. The van der Waals surface area contributed by atoms with Gasteiger partial charge in [-0.25, -0.2) is 0 Å². The van der Waals surface area contributed by atoms with Gasteiger partial charge in [0.2, 0.25) is 0 Å². The SMILES string of the molecule is CN1CCCC(C(=O)O)(N2CCCCCC2)C1. The third kappa shape index (κ3) is 2.63. The number of nitrogens with zero attached hydrogens (tertiary/aromatic N) is 2. The quantitative estimate of drug-likeness (QED) is 0.792. The molecule has 4 nitrogen and oxygen atoms in total. The van der Waals surface area contributed by atoms with Gasteiger partial charge in [-0.1, -0.05) is 12.8 Å². The van der Waals surface area contributed by atoms with E-state index in [4.69, 9.17) is 0 Å². The van der Waals surface area contributed by atoms with E-state index < -0.39 is 11.5 Å². The lowest BCUT2D eigenvalue weighted by atomic mass is 9.87. The lowest BCUT2D eigenvalue weighted by Crippen LogP contribution is -2.62. The second-order valence-electron chi connectivity index (χ2n) is 5.58. The smallest absolute Gasteiger partial charge is 0.325 e. The highest BCUT2D eigenvalue weighted by atomic mass is 16.4. The van der Waals surface area contributed by atoms with Crippen molar-refractivity contribution in [2.24, 2.45) is 0 Å². The Morgan fingerprint density at radius 2 is 1.71 bits per heavy atom. The molecule has 2 fully saturated rings. The van der Waals surface area contributed by atoms with E-state index in [2.05, 4.69) is 9.80 Å². The van der Waals surface area contributed by atoms with Crippen molar-refractivity contribution in [3.63, 3.8) is 0 Å². The summed E-state index contributed by atoms with van der Waals surface area (Å²) in [4.78, 5) is 16.2. The molecule has 4 heteroatoms. The zero-order valence-electron chi connectivity index (χ0n) is 10.8. The Hall–Kier alpha value is -0.610. The van der Waals surface area contributed by atoms with E-state index in [9.17, 15) is 9.90 Å². The maximum Gasteiger partial charge on any atom is 0.325 e. The van der Waals surface area contributed by atoms with Crippen LogP contribution in [0.1, 0.15) is 38.5 Å². The Kier molecular flexibility index (Phi) is 4.05. The highest BCUT2D eigenvalue weighted by Crippen LogP contribution is 2.29. The van der Waals surface area contributed by atoms with Crippen LogP contribution in [-0.4, -0.2) is 59.6 Å². The largest absolute Gasteiger partial charge is 0.480 e. The van der Waals surface area contributed by atoms with Gasteiger partial charge in [0.05, 0.1) is 0 Å². The third-order valence-corrected chi connectivity index (χ3v) is 4.27. The zero-order chi connectivity index (χ0) is 12.3. The molecule has 1 N–H and O–H groups in total. The van der Waals surface area contributed by atoms with Crippen LogP contribution in [0.2, 0.25) is 0 Å². The van der Waals surface area contributed by atoms with Gasteiger partial charge < -0.3 is 10.0 Å². The zero-order valence-corrected chi connectivity index (χ0v) is 10.8. The summed E-state index contributed by atoms with van der Waals surface area (Å²) in [6.45, 7) is 3.63. The molecular formula is C13H24N2O2. The fraction of sp³-hybridized carbons (Fsp3) is 0.923. The summed E-state index contributed by atoms with van der Waals surface area (Å²) < 4.78 is 0. The number of hydrogen-bond donors (Lipinski definition) is 1. The maximum atomic E-state index is 11.8. The van der Waals surface area contributed by atoms with Crippen molar-refractivity contribution in [3.05, 3.63) is 0 Å². The van der Waals surface area contributed by atoms with Crippen LogP contribution in [0.15, 0.2) is 0 Å². The van der Waals surface area contributed by atoms with Gasteiger partial charge in [-0.2, -0.15) is 0 Å². The minimum Gasteiger partial charge on any atom is -0.480 e. The molecule has 1 unspecified atom stereocenters. The Morgan fingerprint density at radius 3 is 2.24 bits per heavy atom. The minimum absolute atomic E-state index is 0.614. The van der Waals surface area contributed by atoms with Crippen molar-refractivity contribution >= 4 is 5.97 Å². The van der Waals surface area contributed by atoms with Gasteiger partial charge >= 0.3 is 5.97 Å². The molecule has 0 saturated carbocycles. The molecule has 1 atom stereocenters. The molecule has 2 rings (SSSR count). The normalized spacial score (nSPS) is 33.2. The molecule has 2 aliphatic rings. The van der Waals surface area contributed by atoms with E-state index >= 15 is 0 Å². The average molecular weight is 240 g/mol. The van der Waals surface area contributed by atoms with Crippen molar-refractivity contribution in [3.8, 4) is 0 Å². The molecule has 0 amide bonds. The number of likely N-dealkylation sites (N-methyl/N-ethyl adjacent to an activating group) is 1. The van der Waals surface area contributed by atoms with Crippen molar-refractivity contribution in [2.75, 3.05) is 33.2 Å². The molecule has 2 saturated heterocycles. The monoisotopic (exact) mass is 240 g/mol. The Labute approximate surface area is 104 Å². The summed E-state index contributed by atoms with van der Waals surface area (Å²) in [6.07, 6.45) is 6.62. The van der Waals surface area contributed by atoms with Gasteiger partial charge in [0.25, 0.3) is 0 Å². The van der Waals surface area contributed by atoms with Crippen LogP contribution in [-0.2, 0) is 4.79 Å². The van der Waals surface area contributed by atoms with Crippen LogP contribution in [0.25, 0.3) is 0 Å². The van der Waals surface area contributed by atoms with E-state index in [1.165, 1.54) is 12.8 Å². The van der Waals surface area contributed by atoms with Crippen LogP contribution in [0.5, 0.6) is 0 Å². The average Bonchev–Trinajstić information content (AvgIpc) is 2.57. The van der Waals surface area contributed by atoms with Crippen molar-refractivity contribution in [1.82, 2.24) is 9.80 Å². The topological polar surface area (TPSA) is 43.8 Å². The molecule has 0 bridgehead atoms. The molecule has 0 aliphatic carbocycles. The predicted octanol–water partition coefficient (Wildman–Crippen LogP) is 1.41. The molecule has 0 aromatic rings. The lowest BCUT2D eigenvalue weighted by Gasteiger charge is -2.45. The van der Waals surface area contributed by atoms with E-state index in [1.54, 1.807) is 0 Å². The van der Waals surface area contributed by atoms with Gasteiger partial charge in [-0.3, -0.25) is 9.69 Å². The first kappa shape index (κ1) is 12.8. The summed E-state index contributed by atoms with van der Waals surface area (Å²) in [5.74, 6) is -0.619. The Balaban J connectivity index is 2.16. The molecular weight excluding hydrogens is 216 g/mol.